The van der Waals surface area contributed by atoms with Crippen molar-refractivity contribution in [2.24, 2.45) is 17.0 Å². The number of nitrogens with zero attached hydrogens (tertiary/aromatic N) is 3. The lowest BCUT2D eigenvalue weighted by Gasteiger charge is -2.30. The second-order valence-electron chi connectivity index (χ2n) is 12.9. The average molecular weight is 693 g/mol. The summed E-state index contributed by atoms with van der Waals surface area (Å²) in [6, 6.07) is 17.2. The maximum atomic E-state index is 13.8. The van der Waals surface area contributed by atoms with Crippen molar-refractivity contribution in [1.82, 2.24) is 25.2 Å². The maximum absolute atomic E-state index is 13.8. The van der Waals surface area contributed by atoms with Crippen molar-refractivity contribution in [3.05, 3.63) is 100 Å². The molecular weight excluding hydrogens is 644 g/mol. The summed E-state index contributed by atoms with van der Waals surface area (Å²) >= 11 is 0. The smallest absolute Gasteiger partial charge is 0.318 e. The number of pyridine rings is 1. The fourth-order valence-corrected chi connectivity index (χ4v) is 7.11. The van der Waals surface area contributed by atoms with Gasteiger partial charge in [-0.2, -0.15) is 4.91 Å². The molecule has 3 aromatic rings. The number of carbonyl (C=O) groups is 2. The number of aliphatic hydroxyl groups excluding tert-OH is 1. The molecule has 13 heteroatoms. The van der Waals surface area contributed by atoms with Crippen LogP contribution in [0.5, 0.6) is 0 Å². The van der Waals surface area contributed by atoms with E-state index >= 15 is 0 Å². The van der Waals surface area contributed by atoms with Gasteiger partial charge in [0.1, 0.15) is 12.6 Å². The van der Waals surface area contributed by atoms with Crippen LogP contribution in [0.3, 0.4) is 0 Å². The molecule has 0 saturated heterocycles. The molecule has 1 aliphatic rings. The van der Waals surface area contributed by atoms with Crippen molar-refractivity contribution in [2.75, 3.05) is 13.6 Å². The summed E-state index contributed by atoms with van der Waals surface area (Å²) in [5.74, 6) is -0.358. The summed E-state index contributed by atoms with van der Waals surface area (Å²) in [7, 11) is -2.45. The number of hydrogen-bond donors (Lipinski definition) is 4. The molecule has 1 fully saturated rings. The number of rotatable bonds is 18. The zero-order chi connectivity index (χ0) is 35.4. The minimum atomic E-state index is -4.07. The van der Waals surface area contributed by atoms with E-state index in [4.69, 9.17) is 0 Å². The van der Waals surface area contributed by atoms with Crippen LogP contribution in [-0.4, -0.2) is 67.1 Å². The molecule has 3 amide bonds. The maximum Gasteiger partial charge on any atom is 0.318 e. The highest BCUT2D eigenvalue weighted by molar-refractivity contribution is 7.89. The molecule has 4 rings (SSSR count). The van der Waals surface area contributed by atoms with E-state index in [-0.39, 0.29) is 36.9 Å². The Hall–Kier alpha value is -4.20. The van der Waals surface area contributed by atoms with Crippen LogP contribution in [0.4, 0.5) is 4.79 Å². The standard InChI is InChI=1S/C36H48N6O6S/c1-4-25(2)34(41-36(45)42(3)24-30-15-8-9-18-37-30)35(44)40-31(21-27-11-6-5-7-12-27)32(43)23-39-49(47,48)33-17-16-28(22-38-46)20-29(33)19-26-13-10-14-26/h5-9,11-12,15-18,20,25-26,31-32,34,39,43H,4,10,13-14,19,21-24H2,1-3H3,(H,40,44)(H,41,45)/t25-,31-,32+,34-/m0/s1. The number of hydrogen-bond acceptors (Lipinski definition) is 8. The van der Waals surface area contributed by atoms with E-state index in [9.17, 15) is 28.0 Å². The molecule has 1 saturated carbocycles. The van der Waals surface area contributed by atoms with Crippen molar-refractivity contribution < 1.29 is 23.1 Å². The van der Waals surface area contributed by atoms with Gasteiger partial charge in [-0.1, -0.05) is 93.2 Å². The summed E-state index contributed by atoms with van der Waals surface area (Å²) in [6.07, 6.45) is 4.85. The van der Waals surface area contributed by atoms with Gasteiger partial charge >= 0.3 is 6.03 Å². The summed E-state index contributed by atoms with van der Waals surface area (Å²) < 4.78 is 29.8. The molecule has 1 heterocycles. The Labute approximate surface area is 289 Å². The highest BCUT2D eigenvalue weighted by atomic mass is 32.2. The Morgan fingerprint density at radius 3 is 2.41 bits per heavy atom. The lowest BCUT2D eigenvalue weighted by atomic mass is 9.81. The van der Waals surface area contributed by atoms with Gasteiger partial charge in [-0.05, 0) is 59.6 Å². The molecule has 0 bridgehead atoms. The van der Waals surface area contributed by atoms with Gasteiger partial charge in [0.15, 0.2) is 0 Å². The Morgan fingerprint density at radius 2 is 1.78 bits per heavy atom. The van der Waals surface area contributed by atoms with Gasteiger partial charge in [0.2, 0.25) is 15.9 Å². The van der Waals surface area contributed by atoms with Crippen LogP contribution in [0.15, 0.2) is 83.0 Å². The van der Waals surface area contributed by atoms with E-state index in [1.165, 1.54) is 11.0 Å². The number of aliphatic hydroxyl groups is 1. The summed E-state index contributed by atoms with van der Waals surface area (Å²) in [4.78, 5) is 43.7. The van der Waals surface area contributed by atoms with Gasteiger partial charge in [0.05, 0.1) is 29.3 Å². The molecule has 2 aromatic carbocycles. The number of benzene rings is 2. The van der Waals surface area contributed by atoms with E-state index < -0.39 is 40.1 Å². The predicted octanol–water partition coefficient (Wildman–Crippen LogP) is 4.31. The molecule has 1 aromatic heterocycles. The third-order valence-corrected chi connectivity index (χ3v) is 10.7. The number of amides is 3. The van der Waals surface area contributed by atoms with Crippen LogP contribution < -0.4 is 15.4 Å². The van der Waals surface area contributed by atoms with E-state index in [1.54, 1.807) is 31.4 Å². The second kappa shape index (κ2) is 18.0. The first kappa shape index (κ1) is 37.6. The minimum absolute atomic E-state index is 0.0520. The van der Waals surface area contributed by atoms with E-state index in [1.807, 2.05) is 56.3 Å². The van der Waals surface area contributed by atoms with Crippen molar-refractivity contribution in [2.45, 2.75) is 88.5 Å². The highest BCUT2D eigenvalue weighted by Crippen LogP contribution is 2.32. The van der Waals surface area contributed by atoms with Gasteiger partial charge in [-0.3, -0.25) is 9.78 Å². The predicted molar refractivity (Wildman–Crippen MR) is 188 cm³/mol. The van der Waals surface area contributed by atoms with Crippen molar-refractivity contribution >= 4 is 22.0 Å². The monoisotopic (exact) mass is 692 g/mol. The number of carbonyl (C=O) groups excluding carboxylic acids is 2. The van der Waals surface area contributed by atoms with Gasteiger partial charge in [0, 0.05) is 19.8 Å². The summed E-state index contributed by atoms with van der Waals surface area (Å²) in [5, 5.41) is 20.1. The first-order valence-corrected chi connectivity index (χ1v) is 18.3. The van der Waals surface area contributed by atoms with E-state index in [0.717, 1.165) is 24.8 Å². The zero-order valence-corrected chi connectivity index (χ0v) is 29.2. The Bertz CT molecular complexity index is 1640. The van der Waals surface area contributed by atoms with E-state index in [2.05, 4.69) is 25.5 Å². The van der Waals surface area contributed by atoms with Crippen LogP contribution in [-0.2, 0) is 40.7 Å². The summed E-state index contributed by atoms with van der Waals surface area (Å²) in [6.45, 7) is 3.60. The van der Waals surface area contributed by atoms with Crippen molar-refractivity contribution in [3.8, 4) is 0 Å². The van der Waals surface area contributed by atoms with Crippen LogP contribution in [0, 0.1) is 16.7 Å². The van der Waals surface area contributed by atoms with E-state index in [0.29, 0.717) is 35.6 Å². The van der Waals surface area contributed by atoms with Crippen LogP contribution in [0.1, 0.15) is 61.9 Å². The lowest BCUT2D eigenvalue weighted by molar-refractivity contribution is -0.125. The molecule has 49 heavy (non-hydrogen) atoms. The molecule has 0 radical (unpaired) electrons. The normalized spacial score (nSPS) is 15.7. The number of nitroso groups, excluding NO2 is 1. The fraction of sp³-hybridized carbons (Fsp3) is 0.472. The number of aromatic nitrogens is 1. The highest BCUT2D eigenvalue weighted by Gasteiger charge is 2.32. The third-order valence-electron chi connectivity index (χ3n) is 9.21. The number of nitrogens with one attached hydrogen (secondary N) is 3. The SMILES string of the molecule is CC[C@H](C)[C@H](NC(=O)N(C)Cc1ccccn1)C(=O)N[C@@H](Cc1ccccc1)[C@H](O)CNS(=O)(=O)c1ccc(CN=O)cc1CC1CCC1. The van der Waals surface area contributed by atoms with Crippen LogP contribution >= 0.6 is 0 Å². The third kappa shape index (κ3) is 10.9. The largest absolute Gasteiger partial charge is 0.390 e. The zero-order valence-electron chi connectivity index (χ0n) is 28.4. The molecule has 0 aliphatic heterocycles. The molecule has 264 valence electrons. The molecule has 12 nitrogen and oxygen atoms in total. The number of urea groups is 1. The topological polar surface area (TPSA) is 170 Å². The Kier molecular flexibility index (Phi) is 13.8. The lowest BCUT2D eigenvalue weighted by Crippen LogP contribution is -2.58. The molecule has 4 N–H and O–H groups in total. The molecular formula is C36H48N6O6S. The fourth-order valence-electron chi connectivity index (χ4n) is 5.83. The number of sulfonamides is 1. The first-order chi connectivity index (χ1) is 23.5. The molecule has 0 spiro atoms. The summed E-state index contributed by atoms with van der Waals surface area (Å²) in [5.41, 5.74) is 2.78. The van der Waals surface area contributed by atoms with Gasteiger partial charge in [-0.25, -0.2) is 17.9 Å². The van der Waals surface area contributed by atoms with Gasteiger partial charge in [0.25, 0.3) is 0 Å². The van der Waals surface area contributed by atoms with Crippen LogP contribution in [0.2, 0.25) is 0 Å². The van der Waals surface area contributed by atoms with Gasteiger partial charge < -0.3 is 20.6 Å². The first-order valence-electron chi connectivity index (χ1n) is 16.8. The van der Waals surface area contributed by atoms with Crippen molar-refractivity contribution in [1.29, 1.82) is 0 Å². The van der Waals surface area contributed by atoms with Crippen molar-refractivity contribution in [3.63, 3.8) is 0 Å². The second-order valence-corrected chi connectivity index (χ2v) is 14.7. The minimum Gasteiger partial charge on any atom is -0.390 e. The molecule has 1 aliphatic carbocycles. The molecule has 0 unspecified atom stereocenters. The molecule has 4 atom stereocenters. The average Bonchev–Trinajstić information content (AvgIpc) is 3.08. The van der Waals surface area contributed by atoms with Gasteiger partial charge in [-0.15, -0.1) is 0 Å². The Balaban J connectivity index is 1.50. The Morgan fingerprint density at radius 1 is 1.04 bits per heavy atom. The quantitative estimate of drug-likeness (QED) is 0.144. The van der Waals surface area contributed by atoms with Crippen LogP contribution in [0.25, 0.3) is 0 Å².